The third-order valence-corrected chi connectivity index (χ3v) is 3.27. The molecule has 0 aliphatic carbocycles. The smallest absolute Gasteiger partial charge is 0.407 e. The molecule has 7 heteroatoms. The number of alkyl carbamates (subject to hydrolysis) is 1. The summed E-state index contributed by atoms with van der Waals surface area (Å²) in [5, 5.41) is 11.0. The number of nitrogens with one attached hydrogen (secondary N) is 1. The number of carbonyl (C=O) groups excluding carboxylic acids is 1. The van der Waals surface area contributed by atoms with Crippen molar-refractivity contribution >= 4 is 27.8 Å². The van der Waals surface area contributed by atoms with Crippen molar-refractivity contribution in [1.29, 1.82) is 0 Å². The topological polar surface area (TPSA) is 67.3 Å². The molecule has 1 aliphatic heterocycles. The Morgan fingerprint density at radius 2 is 2.20 bits per heavy atom. The monoisotopic (exact) mass is 342 g/mol. The molecule has 2 rings (SSSR count). The van der Waals surface area contributed by atoms with Gasteiger partial charge in [-0.1, -0.05) is 0 Å². The highest BCUT2D eigenvalue weighted by molar-refractivity contribution is 9.10. The van der Waals surface area contributed by atoms with E-state index in [1.165, 1.54) is 0 Å². The van der Waals surface area contributed by atoms with E-state index in [4.69, 9.17) is 4.74 Å². The van der Waals surface area contributed by atoms with Crippen LogP contribution in [-0.2, 0) is 4.74 Å². The molecule has 0 radical (unpaired) electrons. The lowest BCUT2D eigenvalue weighted by atomic mass is 10.2. The Morgan fingerprint density at radius 1 is 1.45 bits per heavy atom. The molecular formula is C13H19BrN4O2. The van der Waals surface area contributed by atoms with Crippen molar-refractivity contribution in [2.75, 3.05) is 18.0 Å². The number of carbonyl (C=O) groups is 1. The summed E-state index contributed by atoms with van der Waals surface area (Å²) in [5.41, 5.74) is -0.473. The lowest BCUT2D eigenvalue weighted by molar-refractivity contribution is 0.0509. The van der Waals surface area contributed by atoms with Gasteiger partial charge in [0.1, 0.15) is 10.2 Å². The predicted molar refractivity (Wildman–Crippen MR) is 79.7 cm³/mol. The Bertz CT molecular complexity index is 472. The van der Waals surface area contributed by atoms with Crippen LogP contribution in [0, 0.1) is 0 Å². The quantitative estimate of drug-likeness (QED) is 0.893. The number of ether oxygens (including phenoxy) is 1. The zero-order valence-corrected chi connectivity index (χ0v) is 13.5. The first kappa shape index (κ1) is 15.0. The lowest BCUT2D eigenvalue weighted by Gasteiger charge is -2.22. The molecule has 0 bridgehead atoms. The molecular weight excluding hydrogens is 324 g/mol. The van der Waals surface area contributed by atoms with Crippen molar-refractivity contribution in [2.45, 2.75) is 38.8 Å². The van der Waals surface area contributed by atoms with Crippen LogP contribution in [0.4, 0.5) is 10.6 Å². The first-order valence-corrected chi connectivity index (χ1v) is 7.36. The Labute approximate surface area is 127 Å². The van der Waals surface area contributed by atoms with Crippen molar-refractivity contribution in [3.63, 3.8) is 0 Å². The number of hydrogen-bond acceptors (Lipinski definition) is 5. The molecule has 0 aromatic carbocycles. The molecule has 1 aromatic rings. The molecule has 1 aromatic heterocycles. The summed E-state index contributed by atoms with van der Waals surface area (Å²) in [7, 11) is 0. The zero-order chi connectivity index (χ0) is 14.8. The third kappa shape index (κ3) is 4.33. The van der Waals surface area contributed by atoms with E-state index in [0.29, 0.717) is 4.60 Å². The second kappa shape index (κ2) is 5.95. The van der Waals surface area contributed by atoms with E-state index < -0.39 is 5.60 Å². The molecule has 1 aliphatic rings. The molecule has 1 atom stereocenters. The SMILES string of the molecule is CC(C)(C)OC(=O)N[C@H]1CCN(c2ccc(Br)nn2)C1. The van der Waals surface area contributed by atoms with E-state index in [2.05, 4.69) is 36.3 Å². The van der Waals surface area contributed by atoms with Crippen molar-refractivity contribution in [1.82, 2.24) is 15.5 Å². The van der Waals surface area contributed by atoms with Gasteiger partial charge in [0.15, 0.2) is 5.82 Å². The number of anilines is 1. The maximum atomic E-state index is 11.7. The van der Waals surface area contributed by atoms with Crippen LogP contribution in [0.2, 0.25) is 0 Å². The van der Waals surface area contributed by atoms with E-state index in [9.17, 15) is 4.79 Å². The van der Waals surface area contributed by atoms with Crippen LogP contribution in [0.25, 0.3) is 0 Å². The Balaban J connectivity index is 1.86. The van der Waals surface area contributed by atoms with Gasteiger partial charge in [-0.2, -0.15) is 0 Å². The van der Waals surface area contributed by atoms with E-state index in [-0.39, 0.29) is 12.1 Å². The van der Waals surface area contributed by atoms with Gasteiger partial charge in [0.25, 0.3) is 0 Å². The van der Waals surface area contributed by atoms with Crippen LogP contribution in [-0.4, -0.2) is 41.0 Å². The molecule has 0 spiro atoms. The summed E-state index contributed by atoms with van der Waals surface area (Å²) >= 11 is 3.26. The standard InChI is InChI=1S/C13H19BrN4O2/c1-13(2,3)20-12(19)15-9-6-7-18(8-9)11-5-4-10(14)16-17-11/h4-5,9H,6-8H2,1-3H3,(H,15,19)/t9-/m0/s1. The molecule has 2 heterocycles. The molecule has 1 amide bonds. The number of rotatable bonds is 2. The van der Waals surface area contributed by atoms with Gasteiger partial charge in [-0.25, -0.2) is 4.79 Å². The minimum absolute atomic E-state index is 0.0790. The largest absolute Gasteiger partial charge is 0.444 e. The van der Waals surface area contributed by atoms with Gasteiger partial charge < -0.3 is 15.0 Å². The minimum Gasteiger partial charge on any atom is -0.444 e. The number of hydrogen-bond donors (Lipinski definition) is 1. The normalized spacial score (nSPS) is 19.0. The van der Waals surface area contributed by atoms with Crippen molar-refractivity contribution in [2.24, 2.45) is 0 Å². The van der Waals surface area contributed by atoms with Gasteiger partial charge >= 0.3 is 6.09 Å². The highest BCUT2D eigenvalue weighted by atomic mass is 79.9. The maximum absolute atomic E-state index is 11.7. The van der Waals surface area contributed by atoms with Gasteiger partial charge in [0.05, 0.1) is 6.04 Å². The van der Waals surface area contributed by atoms with E-state index >= 15 is 0 Å². The second-order valence-electron chi connectivity index (χ2n) is 5.79. The fourth-order valence-corrected chi connectivity index (χ4v) is 2.25. The summed E-state index contributed by atoms with van der Waals surface area (Å²) in [6, 6.07) is 3.85. The average molecular weight is 343 g/mol. The van der Waals surface area contributed by atoms with Gasteiger partial charge in [-0.3, -0.25) is 0 Å². The molecule has 6 nitrogen and oxygen atoms in total. The molecule has 0 saturated carbocycles. The van der Waals surface area contributed by atoms with Crippen LogP contribution >= 0.6 is 15.9 Å². The fraction of sp³-hybridized carbons (Fsp3) is 0.615. The molecule has 1 saturated heterocycles. The van der Waals surface area contributed by atoms with Crippen LogP contribution < -0.4 is 10.2 Å². The zero-order valence-electron chi connectivity index (χ0n) is 11.9. The van der Waals surface area contributed by atoms with E-state index in [1.807, 2.05) is 32.9 Å². The van der Waals surface area contributed by atoms with Gasteiger partial charge in [0.2, 0.25) is 0 Å². The molecule has 110 valence electrons. The summed E-state index contributed by atoms with van der Waals surface area (Å²) in [4.78, 5) is 13.8. The lowest BCUT2D eigenvalue weighted by Crippen LogP contribution is -2.40. The van der Waals surface area contributed by atoms with Crippen LogP contribution in [0.1, 0.15) is 27.2 Å². The van der Waals surface area contributed by atoms with Crippen molar-refractivity contribution in [3.8, 4) is 0 Å². The van der Waals surface area contributed by atoms with E-state index in [1.54, 1.807) is 0 Å². The maximum Gasteiger partial charge on any atom is 0.407 e. The third-order valence-electron chi connectivity index (χ3n) is 2.85. The summed E-state index contributed by atoms with van der Waals surface area (Å²) in [5.74, 6) is 0.821. The first-order chi connectivity index (χ1) is 9.33. The highest BCUT2D eigenvalue weighted by Crippen LogP contribution is 2.18. The molecule has 1 N–H and O–H groups in total. The Hall–Kier alpha value is -1.37. The number of halogens is 1. The summed E-state index contributed by atoms with van der Waals surface area (Å²) < 4.78 is 5.97. The van der Waals surface area contributed by atoms with Crippen molar-refractivity contribution in [3.05, 3.63) is 16.7 Å². The Morgan fingerprint density at radius 3 is 2.80 bits per heavy atom. The van der Waals surface area contributed by atoms with Crippen molar-refractivity contribution < 1.29 is 9.53 Å². The van der Waals surface area contributed by atoms with Gasteiger partial charge in [-0.15, -0.1) is 10.2 Å². The second-order valence-corrected chi connectivity index (χ2v) is 6.60. The minimum atomic E-state index is -0.473. The number of nitrogens with zero attached hydrogens (tertiary/aromatic N) is 3. The first-order valence-electron chi connectivity index (χ1n) is 6.57. The molecule has 1 fully saturated rings. The van der Waals surface area contributed by atoms with Crippen LogP contribution in [0.15, 0.2) is 16.7 Å². The fourth-order valence-electron chi connectivity index (χ4n) is 2.04. The molecule has 20 heavy (non-hydrogen) atoms. The Kier molecular flexibility index (Phi) is 4.47. The van der Waals surface area contributed by atoms with Crippen LogP contribution in [0.3, 0.4) is 0 Å². The molecule has 0 unspecified atom stereocenters. The number of amides is 1. The van der Waals surface area contributed by atoms with Gasteiger partial charge in [0, 0.05) is 13.1 Å². The predicted octanol–water partition coefficient (Wildman–Crippen LogP) is 2.34. The average Bonchev–Trinajstić information content (AvgIpc) is 2.75. The van der Waals surface area contributed by atoms with Crippen LogP contribution in [0.5, 0.6) is 0 Å². The highest BCUT2D eigenvalue weighted by Gasteiger charge is 2.26. The van der Waals surface area contributed by atoms with E-state index in [0.717, 1.165) is 25.3 Å². The van der Waals surface area contributed by atoms with Gasteiger partial charge in [-0.05, 0) is 55.3 Å². The summed E-state index contributed by atoms with van der Waals surface area (Å²) in [6.07, 6.45) is 0.503. The number of aromatic nitrogens is 2. The summed E-state index contributed by atoms with van der Waals surface area (Å²) in [6.45, 7) is 7.12.